The molecule has 1 aliphatic heterocycles. The molecule has 7 heteroatoms. The third-order valence-electron chi connectivity index (χ3n) is 3.99. The van der Waals surface area contributed by atoms with Crippen LogP contribution in [-0.4, -0.2) is 50.1 Å². The van der Waals surface area contributed by atoms with Crippen molar-refractivity contribution in [1.82, 2.24) is 4.90 Å². The molecule has 3 N–H and O–H groups in total. The lowest BCUT2D eigenvalue weighted by Crippen LogP contribution is -2.43. The second kappa shape index (κ2) is 8.54. The minimum atomic E-state index is -0.178. The quantitative estimate of drug-likeness (QED) is 0.604. The van der Waals surface area contributed by atoms with Gasteiger partial charge < -0.3 is 20.5 Å². The van der Waals surface area contributed by atoms with Gasteiger partial charge in [-0.15, -0.1) is 0 Å². The Morgan fingerprint density at radius 3 is 2.92 bits per heavy atom. The largest absolute Gasteiger partial charge is 0.494 e. The lowest BCUT2D eigenvalue weighted by atomic mass is 9.98. The molecule has 1 saturated heterocycles. The topological polar surface area (TPSA) is 93.9 Å². The molecule has 1 fully saturated rings. The highest BCUT2D eigenvalue weighted by Gasteiger charge is 2.27. The average Bonchev–Trinajstić information content (AvgIpc) is 2.57. The number of likely N-dealkylation sites (tertiary alicyclic amines) is 1. The van der Waals surface area contributed by atoms with Gasteiger partial charge in [0.15, 0.2) is 0 Å². The number of methoxy groups -OCH3 is 1. The maximum Gasteiger partial charge on any atom is 0.310 e. The monoisotopic (exact) mass is 335 g/mol. The molecule has 1 atom stereocenters. The van der Waals surface area contributed by atoms with Crippen LogP contribution in [-0.2, 0) is 14.3 Å². The maximum absolute atomic E-state index is 12.3. The zero-order chi connectivity index (χ0) is 17.5. The predicted octanol–water partition coefficient (Wildman–Crippen LogP) is 1.49. The second-order valence-corrected chi connectivity index (χ2v) is 5.83. The van der Waals surface area contributed by atoms with Crippen molar-refractivity contribution in [2.75, 3.05) is 44.4 Å². The number of carbonyl (C=O) groups is 2. The van der Waals surface area contributed by atoms with Crippen molar-refractivity contribution in [1.29, 1.82) is 0 Å². The predicted molar refractivity (Wildman–Crippen MR) is 91.8 cm³/mol. The molecule has 1 amide bonds. The highest BCUT2D eigenvalue weighted by molar-refractivity contribution is 5.94. The van der Waals surface area contributed by atoms with E-state index in [1.54, 1.807) is 25.1 Å². The number of nitrogen functional groups attached to an aromatic ring is 1. The summed E-state index contributed by atoms with van der Waals surface area (Å²) in [6.07, 6.45) is 1.69. The lowest BCUT2D eigenvalue weighted by Gasteiger charge is -2.30. The summed E-state index contributed by atoms with van der Waals surface area (Å²) in [4.78, 5) is 26.1. The van der Waals surface area contributed by atoms with Crippen LogP contribution in [0.3, 0.4) is 0 Å². The van der Waals surface area contributed by atoms with Crippen LogP contribution < -0.4 is 15.8 Å². The molecule has 1 heterocycles. The third-order valence-corrected chi connectivity index (χ3v) is 3.99. The minimum Gasteiger partial charge on any atom is -0.494 e. The Morgan fingerprint density at radius 1 is 1.42 bits per heavy atom. The summed E-state index contributed by atoms with van der Waals surface area (Å²) in [7, 11) is 1.53. The lowest BCUT2D eigenvalue weighted by molar-refractivity contribution is -0.150. The molecule has 1 aromatic rings. The number of nitrogens with two attached hydrogens (primary N) is 1. The van der Waals surface area contributed by atoms with Gasteiger partial charge >= 0.3 is 5.97 Å². The molecular formula is C17H25N3O4. The van der Waals surface area contributed by atoms with E-state index in [4.69, 9.17) is 15.2 Å². The summed E-state index contributed by atoms with van der Waals surface area (Å²) < 4.78 is 10.3. The molecule has 0 bridgehead atoms. The summed E-state index contributed by atoms with van der Waals surface area (Å²) in [6, 6.07) is 5.08. The standard InChI is InChI=1S/C17H25N3O4/c1-3-24-17(22)12-5-4-8-20(10-12)11-16(21)19-14-7-6-13(18)9-15(14)23-2/h6-7,9,12H,3-5,8,10-11,18H2,1-2H3,(H,19,21). The number of carbonyl (C=O) groups excluding carboxylic acids is 2. The maximum atomic E-state index is 12.3. The molecule has 0 saturated carbocycles. The molecule has 24 heavy (non-hydrogen) atoms. The Kier molecular flexibility index (Phi) is 6.43. The Hall–Kier alpha value is -2.28. The smallest absolute Gasteiger partial charge is 0.310 e. The highest BCUT2D eigenvalue weighted by Crippen LogP contribution is 2.26. The summed E-state index contributed by atoms with van der Waals surface area (Å²) in [5.74, 6) is 0.0364. The van der Waals surface area contributed by atoms with Gasteiger partial charge in [-0.1, -0.05) is 0 Å². The zero-order valence-electron chi connectivity index (χ0n) is 14.2. The van der Waals surface area contributed by atoms with E-state index in [1.165, 1.54) is 7.11 Å². The number of nitrogens with one attached hydrogen (secondary N) is 1. The molecule has 0 aromatic heterocycles. The number of esters is 1. The number of ether oxygens (including phenoxy) is 2. The van der Waals surface area contributed by atoms with Crippen LogP contribution in [0.4, 0.5) is 11.4 Å². The summed E-state index contributed by atoms with van der Waals surface area (Å²) >= 11 is 0. The van der Waals surface area contributed by atoms with Crippen LogP contribution in [0.15, 0.2) is 18.2 Å². The van der Waals surface area contributed by atoms with Gasteiger partial charge in [-0.05, 0) is 38.4 Å². The van der Waals surface area contributed by atoms with Crippen molar-refractivity contribution in [3.05, 3.63) is 18.2 Å². The molecule has 0 aliphatic carbocycles. The molecule has 1 unspecified atom stereocenters. The Balaban J connectivity index is 1.91. The van der Waals surface area contributed by atoms with Gasteiger partial charge in [0.05, 0.1) is 31.9 Å². The second-order valence-electron chi connectivity index (χ2n) is 5.83. The number of hydrogen-bond acceptors (Lipinski definition) is 6. The van der Waals surface area contributed by atoms with Gasteiger partial charge in [0, 0.05) is 18.3 Å². The van der Waals surface area contributed by atoms with E-state index in [0.717, 1.165) is 19.4 Å². The molecule has 0 spiro atoms. The molecule has 2 rings (SSSR count). The fourth-order valence-corrected chi connectivity index (χ4v) is 2.86. The Labute approximate surface area is 142 Å². The van der Waals surface area contributed by atoms with E-state index in [2.05, 4.69) is 5.32 Å². The number of nitrogens with zero attached hydrogens (tertiary/aromatic N) is 1. The van der Waals surface area contributed by atoms with Crippen LogP contribution in [0.5, 0.6) is 5.75 Å². The van der Waals surface area contributed by atoms with Crippen LogP contribution in [0.25, 0.3) is 0 Å². The van der Waals surface area contributed by atoms with Gasteiger partial charge in [0.1, 0.15) is 5.75 Å². The van der Waals surface area contributed by atoms with Gasteiger partial charge in [0.25, 0.3) is 0 Å². The molecular weight excluding hydrogens is 310 g/mol. The number of benzene rings is 1. The Morgan fingerprint density at radius 2 is 2.21 bits per heavy atom. The number of hydrogen-bond donors (Lipinski definition) is 2. The summed E-state index contributed by atoms with van der Waals surface area (Å²) in [6.45, 7) is 3.75. The number of piperidine rings is 1. The van der Waals surface area contributed by atoms with Crippen molar-refractivity contribution in [3.8, 4) is 5.75 Å². The third kappa shape index (κ3) is 4.86. The molecule has 1 aromatic carbocycles. The molecule has 0 radical (unpaired) electrons. The van der Waals surface area contributed by atoms with E-state index in [-0.39, 0.29) is 24.3 Å². The van der Waals surface area contributed by atoms with Gasteiger partial charge in [-0.2, -0.15) is 0 Å². The van der Waals surface area contributed by atoms with E-state index < -0.39 is 0 Å². The van der Waals surface area contributed by atoms with Crippen molar-refractivity contribution in [2.24, 2.45) is 5.92 Å². The van der Waals surface area contributed by atoms with Crippen molar-refractivity contribution in [3.63, 3.8) is 0 Å². The first-order valence-corrected chi connectivity index (χ1v) is 8.15. The first kappa shape index (κ1) is 18.1. The first-order valence-electron chi connectivity index (χ1n) is 8.15. The van der Waals surface area contributed by atoms with Gasteiger partial charge in [0.2, 0.25) is 5.91 Å². The normalized spacial score (nSPS) is 18.0. The average molecular weight is 335 g/mol. The minimum absolute atomic E-state index is 0.150. The van der Waals surface area contributed by atoms with Crippen molar-refractivity contribution >= 4 is 23.3 Å². The molecule has 132 valence electrons. The summed E-state index contributed by atoms with van der Waals surface area (Å²) in [5.41, 5.74) is 6.85. The van der Waals surface area contributed by atoms with Gasteiger partial charge in [-0.3, -0.25) is 14.5 Å². The highest BCUT2D eigenvalue weighted by atomic mass is 16.5. The van der Waals surface area contributed by atoms with Crippen LogP contribution in [0.2, 0.25) is 0 Å². The van der Waals surface area contributed by atoms with Crippen LogP contribution >= 0.6 is 0 Å². The number of amides is 1. The fraction of sp³-hybridized carbons (Fsp3) is 0.529. The Bertz CT molecular complexity index is 591. The van der Waals surface area contributed by atoms with E-state index >= 15 is 0 Å². The van der Waals surface area contributed by atoms with Crippen LogP contribution in [0, 0.1) is 5.92 Å². The van der Waals surface area contributed by atoms with Crippen molar-refractivity contribution in [2.45, 2.75) is 19.8 Å². The number of anilines is 2. The number of rotatable bonds is 6. The van der Waals surface area contributed by atoms with E-state index in [9.17, 15) is 9.59 Å². The first-order chi connectivity index (χ1) is 11.5. The fourth-order valence-electron chi connectivity index (χ4n) is 2.86. The van der Waals surface area contributed by atoms with Crippen LogP contribution in [0.1, 0.15) is 19.8 Å². The zero-order valence-corrected chi connectivity index (χ0v) is 14.2. The SMILES string of the molecule is CCOC(=O)C1CCCN(CC(=O)Nc2ccc(N)cc2OC)C1. The molecule has 7 nitrogen and oxygen atoms in total. The van der Waals surface area contributed by atoms with Crippen molar-refractivity contribution < 1.29 is 19.1 Å². The van der Waals surface area contributed by atoms with E-state index in [1.807, 2.05) is 4.90 Å². The van der Waals surface area contributed by atoms with E-state index in [0.29, 0.717) is 30.3 Å². The summed E-state index contributed by atoms with van der Waals surface area (Å²) in [5, 5.41) is 2.83. The van der Waals surface area contributed by atoms with Gasteiger partial charge in [-0.25, -0.2) is 0 Å². The molecule has 1 aliphatic rings.